The van der Waals surface area contributed by atoms with E-state index in [1.807, 2.05) is 10.6 Å². The predicted octanol–water partition coefficient (Wildman–Crippen LogP) is 12.5. The van der Waals surface area contributed by atoms with Crippen LogP contribution in [0.5, 0.6) is 0 Å². The molecule has 114 heavy (non-hydrogen) atoms. The fourth-order valence-corrected chi connectivity index (χ4v) is 16.5. The molecule has 4 fully saturated rings. The van der Waals surface area contributed by atoms with Gasteiger partial charge in [0.1, 0.15) is 41.6 Å². The molecule has 2 amide bonds. The van der Waals surface area contributed by atoms with Crippen molar-refractivity contribution in [1.29, 1.82) is 0 Å². The Bertz CT molecular complexity index is 4380. The summed E-state index contributed by atoms with van der Waals surface area (Å²) >= 11 is 0. The standard InChI is InChI=1S/C28H31F4NO7S2.C26H33F6NO3.C23H29F4N3O5S/c1-3-18(26(36)25(35)13-17-7-8-17)14-24(34)23(33-27(28(30,31)32)19-9-11-20(29)12-10-19)16-42(39,40)22-6-4-5-21(15-22)41(2,37)38;1-4-17(23(36)22(35)11-16-5-6-16)12-21(34)20(14-25(28,29)13-15(2)3)33-24(26(30,31)32)18-7-9-19(27)10-8-18;1-2-17(19(31)22(33)28-16-9-10-16)30-21(32)18(12-36(34,35)11-13-3-4-13)29-20(23(25,26)27)14-5-7-15(24)8-6-14/h4-6,9-12,15,17-18,23,27,33H,3,7-8,13-14,16H2,1-2H3;7-10,15-17,20,24,33H,4-6,11-14H2,1-3H3;5-8,13,16-18,20,29H,2-4,9-12H2,1H3,(H,28,33)(H,30,32)/t18-,23+,27+;17-,20+,24+;17-,18-,20-/m110/s1. The second-order valence-corrected chi connectivity index (χ2v) is 36.1. The molecule has 4 aromatic rings. The minimum Gasteiger partial charge on any atom is -0.347 e. The van der Waals surface area contributed by atoms with Crippen molar-refractivity contribution >= 4 is 81.8 Å². The lowest BCUT2D eigenvalue weighted by Crippen LogP contribution is -2.56. The summed E-state index contributed by atoms with van der Waals surface area (Å²) < 4.78 is 271. The number of hydrogen-bond donors (Lipinski definition) is 5. The molecule has 0 spiro atoms. The molecule has 0 saturated heterocycles. The fraction of sp³-hybridized carbons (Fsp3) is 0.571. The van der Waals surface area contributed by atoms with Crippen molar-refractivity contribution in [2.45, 2.75) is 226 Å². The van der Waals surface area contributed by atoms with E-state index in [0.29, 0.717) is 12.8 Å². The van der Waals surface area contributed by atoms with E-state index in [2.05, 4.69) is 16.0 Å². The van der Waals surface area contributed by atoms with Gasteiger partial charge in [-0.2, -0.15) is 39.5 Å². The number of carbonyl (C=O) groups is 9. The third kappa shape index (κ3) is 31.0. The number of nitrogens with one attached hydrogen (secondary N) is 5. The van der Waals surface area contributed by atoms with E-state index in [9.17, 15) is 130 Å². The summed E-state index contributed by atoms with van der Waals surface area (Å²) in [5, 5.41) is 10.9. The van der Waals surface area contributed by atoms with Gasteiger partial charge in [0.25, 0.3) is 5.91 Å². The fourth-order valence-electron chi connectivity index (χ4n) is 12.3. The number of sulfone groups is 3. The number of Topliss-reactive ketones (excluding diaryl/α,β-unsaturated/α-hetero) is 7. The number of benzene rings is 4. The summed E-state index contributed by atoms with van der Waals surface area (Å²) in [5.41, 5.74) is -1.37. The molecule has 8 rings (SSSR count). The molecule has 0 unspecified atom stereocenters. The van der Waals surface area contributed by atoms with Crippen LogP contribution in [0.4, 0.5) is 61.5 Å². The van der Waals surface area contributed by atoms with Crippen LogP contribution in [0.2, 0.25) is 0 Å². The van der Waals surface area contributed by atoms with Gasteiger partial charge in [0, 0.05) is 62.7 Å². The van der Waals surface area contributed by atoms with Crippen molar-refractivity contribution in [3.63, 3.8) is 0 Å². The minimum atomic E-state index is -5.06. The van der Waals surface area contributed by atoms with Crippen molar-refractivity contribution in [3.8, 4) is 0 Å². The number of carbonyl (C=O) groups excluding carboxylic acids is 9. The van der Waals surface area contributed by atoms with Gasteiger partial charge < -0.3 is 10.6 Å². The molecule has 0 radical (unpaired) electrons. The maximum Gasteiger partial charge on any atom is 0.407 e. The molecule has 20 nitrogen and oxygen atoms in total. The Morgan fingerprint density at radius 1 is 0.456 bits per heavy atom. The van der Waals surface area contributed by atoms with Gasteiger partial charge in [-0.05, 0) is 166 Å². The third-order valence-corrected chi connectivity index (χ3v) is 24.0. The Kier molecular flexibility index (Phi) is 33.7. The Labute approximate surface area is 651 Å². The first-order valence-corrected chi connectivity index (χ1v) is 42.4. The van der Waals surface area contributed by atoms with E-state index in [1.165, 1.54) is 27.7 Å². The highest BCUT2D eigenvalue weighted by molar-refractivity contribution is 7.92. The van der Waals surface area contributed by atoms with Crippen molar-refractivity contribution in [2.24, 2.45) is 35.5 Å². The van der Waals surface area contributed by atoms with Crippen LogP contribution in [0.25, 0.3) is 0 Å². The molecule has 0 heterocycles. The second kappa shape index (κ2) is 40.4. The van der Waals surface area contributed by atoms with Gasteiger partial charge in [-0.1, -0.05) is 77.1 Å². The highest BCUT2D eigenvalue weighted by atomic mass is 32.2. The van der Waals surface area contributed by atoms with Crippen LogP contribution in [0, 0.1) is 53.0 Å². The zero-order valence-electron chi connectivity index (χ0n) is 63.1. The van der Waals surface area contributed by atoms with Crippen LogP contribution in [-0.4, -0.2) is 156 Å². The lowest BCUT2D eigenvalue weighted by molar-refractivity contribution is -0.163. The van der Waals surface area contributed by atoms with Gasteiger partial charge in [0.15, 0.2) is 52.6 Å². The molecule has 4 aliphatic rings. The molecule has 0 aromatic heterocycles. The summed E-state index contributed by atoms with van der Waals surface area (Å²) in [7, 11) is -12.4. The molecule has 632 valence electrons. The average molecular weight is 1690 g/mol. The highest BCUT2D eigenvalue weighted by Crippen LogP contribution is 2.40. The van der Waals surface area contributed by atoms with Gasteiger partial charge in [0.05, 0.1) is 45.2 Å². The van der Waals surface area contributed by atoms with Crippen molar-refractivity contribution in [1.82, 2.24) is 26.6 Å². The SMILES string of the molecule is CC[C@H](CC(=O)[C@H](CC(F)(F)CC(C)C)N[C@@H](c1ccc(F)cc1)C(F)(F)F)C(=O)C(=O)CC1CC1.CC[C@H](CC(=O)[C@H](CS(=O)(=O)c1cccc(S(C)(=O)=O)c1)N[C@@H](c1ccc(F)cc1)C(F)(F)F)C(=O)C(=O)CC1CC1.CC[C@H](NC(=O)[C@H](CS(=O)(=O)CC1CC1)N[C@@H](c1ccc(F)cc1)C(F)(F)F)C(=O)C(=O)NC1CC1. The van der Waals surface area contributed by atoms with Gasteiger partial charge in [-0.25, -0.2) is 47.2 Å². The summed E-state index contributed by atoms with van der Waals surface area (Å²) in [5.74, 6) is -19.0. The number of ketones is 7. The number of alkyl halides is 11. The number of rotatable bonds is 43. The van der Waals surface area contributed by atoms with Crippen molar-refractivity contribution < 1.29 is 130 Å². The van der Waals surface area contributed by atoms with Gasteiger partial charge in [-0.3, -0.25) is 59.1 Å². The second-order valence-electron chi connectivity index (χ2n) is 29.9. The zero-order valence-corrected chi connectivity index (χ0v) is 65.6. The zero-order chi connectivity index (χ0) is 85.4. The summed E-state index contributed by atoms with van der Waals surface area (Å²) in [4.78, 5) is 113. The molecule has 9 atom stereocenters. The average Bonchev–Trinajstić information content (AvgIpc) is 1.55. The lowest BCUT2D eigenvalue weighted by atomic mass is 9.87. The van der Waals surface area contributed by atoms with E-state index in [-0.39, 0.29) is 66.5 Å². The maximum atomic E-state index is 14.7. The van der Waals surface area contributed by atoms with E-state index in [1.54, 1.807) is 6.92 Å². The Morgan fingerprint density at radius 3 is 1.20 bits per heavy atom. The van der Waals surface area contributed by atoms with Crippen LogP contribution < -0.4 is 26.6 Å². The Morgan fingerprint density at radius 2 is 0.842 bits per heavy atom. The Hall–Kier alpha value is -7.74. The number of halogens is 14. The molecular formula is C77H93F14N5O15S3. The van der Waals surface area contributed by atoms with Crippen LogP contribution >= 0.6 is 0 Å². The van der Waals surface area contributed by atoms with E-state index >= 15 is 0 Å². The molecule has 0 aliphatic heterocycles. The maximum absolute atomic E-state index is 14.7. The first kappa shape index (κ1) is 95.1. The van der Waals surface area contributed by atoms with Crippen LogP contribution in [0.1, 0.15) is 179 Å². The highest BCUT2D eigenvalue weighted by Gasteiger charge is 2.49. The van der Waals surface area contributed by atoms with Gasteiger partial charge in [0.2, 0.25) is 29.2 Å². The summed E-state index contributed by atoms with van der Waals surface area (Å²) in [6.45, 7) is 7.61. The normalized spacial score (nSPS) is 17.3. The number of hydrogen-bond acceptors (Lipinski definition) is 18. The third-order valence-electron chi connectivity index (χ3n) is 19.3. The topological polar surface area (TPSA) is 316 Å². The quantitative estimate of drug-likeness (QED) is 0.0203. The molecule has 4 saturated carbocycles. The largest absolute Gasteiger partial charge is 0.407 e. The molecular weight excluding hydrogens is 1600 g/mol. The smallest absolute Gasteiger partial charge is 0.347 e. The summed E-state index contributed by atoms with van der Waals surface area (Å²) in [6.07, 6.45) is -11.2. The molecule has 4 aliphatic carbocycles. The minimum absolute atomic E-state index is 0.0109. The lowest BCUT2D eigenvalue weighted by Gasteiger charge is -2.30. The monoisotopic (exact) mass is 1690 g/mol. The van der Waals surface area contributed by atoms with Crippen LogP contribution in [-0.2, 0) is 72.7 Å². The Balaban J connectivity index is 0.000000267. The van der Waals surface area contributed by atoms with E-state index < -0.39 is 243 Å². The van der Waals surface area contributed by atoms with Gasteiger partial charge in [-0.15, -0.1) is 0 Å². The molecule has 4 aromatic carbocycles. The van der Waals surface area contributed by atoms with E-state index in [0.717, 1.165) is 142 Å². The van der Waals surface area contributed by atoms with Crippen LogP contribution in [0.15, 0.2) is 107 Å². The molecule has 5 N–H and O–H groups in total. The first-order chi connectivity index (χ1) is 52.8. The molecule has 0 bridgehead atoms. The summed E-state index contributed by atoms with van der Waals surface area (Å²) in [6, 6.07) is -0.834. The van der Waals surface area contributed by atoms with Crippen molar-refractivity contribution in [2.75, 3.05) is 23.5 Å². The first-order valence-electron chi connectivity index (χ1n) is 37.0. The van der Waals surface area contributed by atoms with Crippen LogP contribution in [0.3, 0.4) is 0 Å². The predicted molar refractivity (Wildman–Crippen MR) is 388 cm³/mol. The van der Waals surface area contributed by atoms with Crippen molar-refractivity contribution in [3.05, 3.63) is 131 Å². The number of amides is 2. The van der Waals surface area contributed by atoms with E-state index in [4.69, 9.17) is 0 Å². The van der Waals surface area contributed by atoms with Gasteiger partial charge >= 0.3 is 18.5 Å². The molecule has 37 heteroatoms.